The Hall–Kier alpha value is 0.0969. The molecular weight excluding hydrogens is 232 g/mol. The molecule has 3 nitrogen and oxygen atoms in total. The first-order chi connectivity index (χ1) is 7.47. The Labute approximate surface area is 106 Å². The van der Waals surface area contributed by atoms with Crippen LogP contribution >= 0.6 is 0 Å². The first kappa shape index (κ1) is 15.2. The Morgan fingerprint density at radius 2 is 1.65 bits per heavy atom. The van der Waals surface area contributed by atoms with Gasteiger partial charge in [-0.15, -0.1) is 0 Å². The minimum atomic E-state index is -1.92. The smallest absolute Gasteiger partial charge is 0.192 e. The Kier molecular flexibility index (Phi) is 3.86. The fourth-order valence-electron chi connectivity index (χ4n) is 1.96. The summed E-state index contributed by atoms with van der Waals surface area (Å²) in [6.07, 6.45) is 2.09. The van der Waals surface area contributed by atoms with Crippen LogP contribution in [0.25, 0.3) is 0 Å². The van der Waals surface area contributed by atoms with Gasteiger partial charge in [0.15, 0.2) is 8.32 Å². The maximum Gasteiger partial charge on any atom is 0.192 e. The van der Waals surface area contributed by atoms with Gasteiger partial charge in [0.25, 0.3) is 0 Å². The molecule has 1 fully saturated rings. The number of aliphatic hydroxyl groups excluding tert-OH is 1. The van der Waals surface area contributed by atoms with Gasteiger partial charge in [-0.25, -0.2) is 0 Å². The molecule has 0 aromatic rings. The van der Waals surface area contributed by atoms with Crippen molar-refractivity contribution in [3.8, 4) is 0 Å². The van der Waals surface area contributed by atoms with Crippen molar-refractivity contribution in [3.05, 3.63) is 0 Å². The molecule has 1 aliphatic rings. The summed E-state index contributed by atoms with van der Waals surface area (Å²) in [4.78, 5) is 0. The van der Waals surface area contributed by atoms with Crippen molar-refractivity contribution in [1.82, 2.24) is 0 Å². The zero-order chi connectivity index (χ0) is 13.5. The highest BCUT2D eigenvalue weighted by Crippen LogP contribution is 2.51. The maximum atomic E-state index is 10.4. The van der Waals surface area contributed by atoms with Gasteiger partial charge in [-0.1, -0.05) is 20.8 Å². The summed E-state index contributed by atoms with van der Waals surface area (Å²) in [6, 6.07) is 0. The van der Waals surface area contributed by atoms with Gasteiger partial charge in [0.05, 0.1) is 11.2 Å². The summed E-state index contributed by atoms with van der Waals surface area (Å²) in [5.74, 6) is 0. The zero-order valence-corrected chi connectivity index (χ0v) is 13.1. The summed E-state index contributed by atoms with van der Waals surface area (Å²) in [6.45, 7) is 13.0. The van der Waals surface area contributed by atoms with Crippen LogP contribution in [0.3, 0.4) is 0 Å². The Morgan fingerprint density at radius 3 is 1.94 bits per heavy atom. The van der Waals surface area contributed by atoms with Crippen LogP contribution in [0.15, 0.2) is 0 Å². The molecule has 0 amide bonds. The highest BCUT2D eigenvalue weighted by atomic mass is 28.4. The molecule has 1 rings (SSSR count). The van der Waals surface area contributed by atoms with Crippen molar-refractivity contribution in [2.75, 3.05) is 6.61 Å². The normalized spacial score (nSPS) is 23.3. The highest BCUT2D eigenvalue weighted by Gasteiger charge is 2.59. The van der Waals surface area contributed by atoms with Crippen molar-refractivity contribution in [1.29, 1.82) is 0 Å². The fraction of sp³-hybridized carbons (Fsp3) is 1.00. The van der Waals surface area contributed by atoms with Crippen LogP contribution in [-0.4, -0.2) is 36.3 Å². The van der Waals surface area contributed by atoms with E-state index in [0.717, 1.165) is 12.8 Å². The van der Waals surface area contributed by atoms with Gasteiger partial charge in [-0.2, -0.15) is 0 Å². The minimum absolute atomic E-state index is 0.0629. The quantitative estimate of drug-likeness (QED) is 0.747. The van der Waals surface area contributed by atoms with Crippen LogP contribution < -0.4 is 0 Å². The average molecular weight is 260 g/mol. The number of hydrogen-bond donors (Lipinski definition) is 2. The number of rotatable bonds is 5. The third kappa shape index (κ3) is 2.92. The lowest BCUT2D eigenvalue weighted by Crippen LogP contribution is -2.55. The third-order valence-corrected chi connectivity index (χ3v) is 9.16. The molecule has 0 aromatic heterocycles. The molecular formula is C13H28O3Si. The summed E-state index contributed by atoms with van der Waals surface area (Å²) in [7, 11) is -1.92. The molecule has 2 N–H and O–H groups in total. The third-order valence-electron chi connectivity index (χ3n) is 4.58. The molecule has 4 heteroatoms. The lowest BCUT2D eigenvalue weighted by Gasteiger charge is -2.46. The van der Waals surface area contributed by atoms with E-state index in [1.165, 1.54) is 0 Å². The van der Waals surface area contributed by atoms with Crippen molar-refractivity contribution in [3.63, 3.8) is 0 Å². The monoisotopic (exact) mass is 260 g/mol. The summed E-state index contributed by atoms with van der Waals surface area (Å²) >= 11 is 0. The predicted molar refractivity (Wildman–Crippen MR) is 72.6 cm³/mol. The van der Waals surface area contributed by atoms with Crippen molar-refractivity contribution in [2.24, 2.45) is 0 Å². The first-order valence-electron chi connectivity index (χ1n) is 6.51. The summed E-state index contributed by atoms with van der Waals surface area (Å²) < 4.78 is 6.39. The molecule has 0 saturated heterocycles. The van der Waals surface area contributed by atoms with Gasteiger partial charge in [-0.3, -0.25) is 0 Å². The summed E-state index contributed by atoms with van der Waals surface area (Å²) in [5, 5.41) is 19.7. The van der Waals surface area contributed by atoms with E-state index in [4.69, 9.17) is 4.43 Å². The molecule has 1 atom stereocenters. The molecule has 0 spiro atoms. The summed E-state index contributed by atoms with van der Waals surface area (Å²) in [5.41, 5.74) is -1.31. The van der Waals surface area contributed by atoms with Gasteiger partial charge in [0.2, 0.25) is 0 Å². The molecule has 1 aliphatic carbocycles. The van der Waals surface area contributed by atoms with Crippen molar-refractivity contribution >= 4 is 8.32 Å². The van der Waals surface area contributed by atoms with Gasteiger partial charge in [0, 0.05) is 13.0 Å². The molecule has 0 heterocycles. The van der Waals surface area contributed by atoms with E-state index < -0.39 is 19.5 Å². The lowest BCUT2D eigenvalue weighted by molar-refractivity contribution is -0.0809. The van der Waals surface area contributed by atoms with Crippen LogP contribution in [0.5, 0.6) is 0 Å². The standard InChI is InChI=1S/C13H28O3Si/c1-11(2,3)17(5,6)16-12(4,9-10-14)13(15)7-8-13/h14-15H,7-10H2,1-6H3/t12-/m0/s1. The second kappa shape index (κ2) is 4.33. The first-order valence-corrected chi connectivity index (χ1v) is 9.42. The highest BCUT2D eigenvalue weighted by molar-refractivity contribution is 6.74. The second-order valence-corrected chi connectivity index (χ2v) is 11.8. The SMILES string of the molecule is CC(C)(C)[Si](C)(C)O[C@@](C)(CCO)C1(O)CC1. The topological polar surface area (TPSA) is 49.7 Å². The Balaban J connectivity index is 2.88. The Morgan fingerprint density at radius 1 is 1.18 bits per heavy atom. The van der Waals surface area contributed by atoms with E-state index in [1.807, 2.05) is 6.92 Å². The van der Waals surface area contributed by atoms with Gasteiger partial charge >= 0.3 is 0 Å². The zero-order valence-electron chi connectivity index (χ0n) is 12.1. The van der Waals surface area contributed by atoms with Crippen LogP contribution in [0.4, 0.5) is 0 Å². The molecule has 0 bridgehead atoms. The van der Waals surface area contributed by atoms with Gasteiger partial charge in [0.1, 0.15) is 0 Å². The second-order valence-electron chi connectivity index (χ2n) is 7.10. The van der Waals surface area contributed by atoms with E-state index in [-0.39, 0.29) is 11.6 Å². The Bertz CT molecular complexity index is 279. The van der Waals surface area contributed by atoms with E-state index in [9.17, 15) is 10.2 Å². The molecule has 17 heavy (non-hydrogen) atoms. The molecule has 0 aliphatic heterocycles. The van der Waals surface area contributed by atoms with E-state index in [1.54, 1.807) is 0 Å². The lowest BCUT2D eigenvalue weighted by atomic mass is 9.93. The predicted octanol–water partition coefficient (Wildman–Crippen LogP) is 2.67. The van der Waals surface area contributed by atoms with Crippen LogP contribution in [0.1, 0.15) is 47.0 Å². The van der Waals surface area contributed by atoms with E-state index in [2.05, 4.69) is 33.9 Å². The van der Waals surface area contributed by atoms with E-state index >= 15 is 0 Å². The molecule has 0 radical (unpaired) electrons. The van der Waals surface area contributed by atoms with Crippen molar-refractivity contribution < 1.29 is 14.6 Å². The van der Waals surface area contributed by atoms with Crippen LogP contribution in [-0.2, 0) is 4.43 Å². The largest absolute Gasteiger partial charge is 0.409 e. The minimum Gasteiger partial charge on any atom is -0.409 e. The molecule has 102 valence electrons. The average Bonchev–Trinajstić information content (AvgIpc) is 2.82. The maximum absolute atomic E-state index is 10.4. The van der Waals surface area contributed by atoms with Gasteiger partial charge in [-0.05, 0) is 37.9 Å². The van der Waals surface area contributed by atoms with Crippen LogP contribution in [0.2, 0.25) is 18.1 Å². The number of aliphatic hydroxyl groups is 2. The molecule has 0 unspecified atom stereocenters. The fourth-order valence-corrected chi connectivity index (χ4v) is 3.68. The van der Waals surface area contributed by atoms with Crippen LogP contribution in [0, 0.1) is 0 Å². The van der Waals surface area contributed by atoms with Gasteiger partial charge < -0.3 is 14.6 Å². The molecule has 1 saturated carbocycles. The van der Waals surface area contributed by atoms with Crippen molar-refractivity contribution in [2.45, 2.75) is 76.3 Å². The van der Waals surface area contributed by atoms with E-state index in [0.29, 0.717) is 6.42 Å². The number of hydrogen-bond acceptors (Lipinski definition) is 3. The molecule has 0 aromatic carbocycles.